The highest BCUT2D eigenvalue weighted by Crippen LogP contribution is 2.14. The molecule has 2 N–H and O–H groups in total. The molecule has 3 rings (SSSR count). The molecule has 1 atom stereocenters. The van der Waals surface area contributed by atoms with Crippen molar-refractivity contribution in [3.63, 3.8) is 0 Å². The van der Waals surface area contributed by atoms with Crippen LogP contribution < -0.4 is 5.32 Å². The molecule has 0 saturated heterocycles. The Morgan fingerprint density at radius 2 is 1.80 bits per heavy atom. The number of hydrogen-bond acceptors (Lipinski definition) is 4. The fourth-order valence-electron chi connectivity index (χ4n) is 2.54. The summed E-state index contributed by atoms with van der Waals surface area (Å²) in [5.41, 5.74) is 3.65. The Hall–Kier alpha value is -2.99. The van der Waals surface area contributed by atoms with Crippen LogP contribution in [-0.4, -0.2) is 32.6 Å². The lowest BCUT2D eigenvalue weighted by molar-refractivity contribution is 0.0910. The molecule has 0 spiro atoms. The zero-order valence-electron chi connectivity index (χ0n) is 14.2. The highest BCUT2D eigenvalue weighted by atomic mass is 16.3. The number of nitrogens with zero attached hydrogens (tertiary/aromatic N) is 3. The van der Waals surface area contributed by atoms with E-state index in [4.69, 9.17) is 0 Å². The summed E-state index contributed by atoms with van der Waals surface area (Å²) in [6, 6.07) is 17.0. The number of aromatic nitrogens is 3. The second kappa shape index (κ2) is 7.27. The standard InChI is InChI=1S/C19H20N4O2/c1-13-8-10-16(11-9-13)23-14(2)18(21-22-23)19(25)20-12-17(24)15-6-4-3-5-7-15/h3-11,17,24H,12H2,1-2H3,(H,20,25). The van der Waals surface area contributed by atoms with E-state index in [-0.39, 0.29) is 18.1 Å². The molecule has 6 heteroatoms. The lowest BCUT2D eigenvalue weighted by Gasteiger charge is -2.11. The summed E-state index contributed by atoms with van der Waals surface area (Å²) < 4.78 is 1.63. The molecule has 0 aliphatic heterocycles. The average Bonchev–Trinajstić information content (AvgIpc) is 3.02. The van der Waals surface area contributed by atoms with Crippen LogP contribution in [-0.2, 0) is 0 Å². The van der Waals surface area contributed by atoms with Crippen LogP contribution in [0.25, 0.3) is 5.69 Å². The summed E-state index contributed by atoms with van der Waals surface area (Å²) in [5, 5.41) is 20.9. The Bertz CT molecular complexity index is 857. The predicted molar refractivity (Wildman–Crippen MR) is 94.6 cm³/mol. The van der Waals surface area contributed by atoms with E-state index in [0.29, 0.717) is 5.69 Å². The Kier molecular flexibility index (Phi) is 4.90. The van der Waals surface area contributed by atoms with Crippen LogP contribution in [0.4, 0.5) is 0 Å². The molecular weight excluding hydrogens is 316 g/mol. The Labute approximate surface area is 146 Å². The van der Waals surface area contributed by atoms with Crippen LogP contribution in [0.2, 0.25) is 0 Å². The molecule has 0 fully saturated rings. The van der Waals surface area contributed by atoms with Crippen LogP contribution in [0.3, 0.4) is 0 Å². The molecule has 1 aromatic heterocycles. The van der Waals surface area contributed by atoms with Crippen LogP contribution in [0.15, 0.2) is 54.6 Å². The van der Waals surface area contributed by atoms with Gasteiger partial charge in [-0.25, -0.2) is 4.68 Å². The van der Waals surface area contributed by atoms with E-state index >= 15 is 0 Å². The zero-order valence-corrected chi connectivity index (χ0v) is 14.2. The first-order valence-corrected chi connectivity index (χ1v) is 8.07. The summed E-state index contributed by atoms with van der Waals surface area (Å²) in [5.74, 6) is -0.356. The van der Waals surface area contributed by atoms with Gasteiger partial charge in [-0.15, -0.1) is 5.10 Å². The summed E-state index contributed by atoms with van der Waals surface area (Å²) in [6.07, 6.45) is -0.766. The minimum Gasteiger partial charge on any atom is -0.387 e. The van der Waals surface area contributed by atoms with Crippen molar-refractivity contribution in [2.75, 3.05) is 6.54 Å². The predicted octanol–water partition coefficient (Wildman–Crippen LogP) is 2.35. The number of rotatable bonds is 5. The van der Waals surface area contributed by atoms with Crippen molar-refractivity contribution in [1.82, 2.24) is 20.3 Å². The molecule has 2 aromatic carbocycles. The smallest absolute Gasteiger partial charge is 0.273 e. The van der Waals surface area contributed by atoms with Crippen LogP contribution in [0, 0.1) is 13.8 Å². The fraction of sp³-hybridized carbons (Fsp3) is 0.211. The quantitative estimate of drug-likeness (QED) is 0.749. The molecule has 3 aromatic rings. The molecule has 0 bridgehead atoms. The van der Waals surface area contributed by atoms with Crippen molar-refractivity contribution >= 4 is 5.91 Å². The number of amides is 1. The van der Waals surface area contributed by atoms with Crippen molar-refractivity contribution in [2.24, 2.45) is 0 Å². The molecule has 1 unspecified atom stereocenters. The lowest BCUT2D eigenvalue weighted by atomic mass is 10.1. The van der Waals surface area contributed by atoms with Crippen LogP contribution in [0.5, 0.6) is 0 Å². The molecule has 128 valence electrons. The van der Waals surface area contributed by atoms with Gasteiger partial charge in [-0.05, 0) is 31.5 Å². The largest absolute Gasteiger partial charge is 0.387 e. The van der Waals surface area contributed by atoms with Gasteiger partial charge in [0, 0.05) is 6.54 Å². The number of nitrogens with one attached hydrogen (secondary N) is 1. The number of hydrogen-bond donors (Lipinski definition) is 2. The maximum absolute atomic E-state index is 12.4. The third-order valence-electron chi connectivity index (χ3n) is 4.03. The molecule has 6 nitrogen and oxygen atoms in total. The van der Waals surface area contributed by atoms with Gasteiger partial charge >= 0.3 is 0 Å². The molecule has 0 radical (unpaired) electrons. The normalized spacial score (nSPS) is 12.0. The van der Waals surface area contributed by atoms with Gasteiger partial charge in [0.05, 0.1) is 17.5 Å². The van der Waals surface area contributed by atoms with Crippen molar-refractivity contribution in [3.05, 3.63) is 77.1 Å². The van der Waals surface area contributed by atoms with Gasteiger partial charge in [0.25, 0.3) is 5.91 Å². The maximum Gasteiger partial charge on any atom is 0.273 e. The highest BCUT2D eigenvalue weighted by molar-refractivity contribution is 5.93. The third kappa shape index (κ3) is 3.75. The van der Waals surface area contributed by atoms with E-state index in [1.54, 1.807) is 11.6 Å². The van der Waals surface area contributed by atoms with Crippen molar-refractivity contribution < 1.29 is 9.90 Å². The number of carbonyl (C=O) groups is 1. The van der Waals surface area contributed by atoms with Gasteiger partial charge in [-0.1, -0.05) is 53.2 Å². The summed E-state index contributed by atoms with van der Waals surface area (Å²) in [6.45, 7) is 3.91. The number of benzene rings is 2. The highest BCUT2D eigenvalue weighted by Gasteiger charge is 2.18. The summed E-state index contributed by atoms with van der Waals surface area (Å²) >= 11 is 0. The van der Waals surface area contributed by atoms with E-state index in [1.807, 2.05) is 61.5 Å². The first-order chi connectivity index (χ1) is 12.1. The molecular formula is C19H20N4O2. The van der Waals surface area contributed by atoms with Gasteiger partial charge in [-0.2, -0.15) is 0 Å². The van der Waals surface area contributed by atoms with Gasteiger partial charge in [-0.3, -0.25) is 4.79 Å². The minimum absolute atomic E-state index is 0.111. The van der Waals surface area contributed by atoms with E-state index in [9.17, 15) is 9.90 Å². The van der Waals surface area contributed by atoms with Crippen LogP contribution >= 0.6 is 0 Å². The Morgan fingerprint density at radius 1 is 1.12 bits per heavy atom. The van der Waals surface area contributed by atoms with Crippen molar-refractivity contribution in [2.45, 2.75) is 20.0 Å². The summed E-state index contributed by atoms with van der Waals surface area (Å²) in [4.78, 5) is 12.4. The fourth-order valence-corrected chi connectivity index (χ4v) is 2.54. The second-order valence-corrected chi connectivity index (χ2v) is 5.91. The van der Waals surface area contributed by atoms with Gasteiger partial charge in [0.2, 0.25) is 0 Å². The molecule has 0 saturated carbocycles. The first-order valence-electron chi connectivity index (χ1n) is 8.07. The van der Waals surface area contributed by atoms with Crippen molar-refractivity contribution in [1.29, 1.82) is 0 Å². The summed E-state index contributed by atoms with van der Waals surface area (Å²) in [7, 11) is 0. The third-order valence-corrected chi connectivity index (χ3v) is 4.03. The van der Waals surface area contributed by atoms with E-state index in [2.05, 4.69) is 15.6 Å². The maximum atomic E-state index is 12.4. The number of aliphatic hydroxyl groups excluding tert-OH is 1. The average molecular weight is 336 g/mol. The van der Waals surface area contributed by atoms with Gasteiger partial charge in [0.1, 0.15) is 0 Å². The molecule has 0 aliphatic carbocycles. The lowest BCUT2D eigenvalue weighted by Crippen LogP contribution is -2.29. The second-order valence-electron chi connectivity index (χ2n) is 5.91. The van der Waals surface area contributed by atoms with E-state index < -0.39 is 6.10 Å². The number of carbonyl (C=O) groups excluding carboxylic acids is 1. The zero-order chi connectivity index (χ0) is 17.8. The van der Waals surface area contributed by atoms with Gasteiger partial charge in [0.15, 0.2) is 5.69 Å². The van der Waals surface area contributed by atoms with E-state index in [0.717, 1.165) is 16.8 Å². The number of aliphatic hydroxyl groups is 1. The topological polar surface area (TPSA) is 80.0 Å². The Balaban J connectivity index is 1.70. The number of aryl methyl sites for hydroxylation is 1. The van der Waals surface area contributed by atoms with E-state index in [1.165, 1.54) is 0 Å². The monoisotopic (exact) mass is 336 g/mol. The SMILES string of the molecule is Cc1ccc(-n2nnc(C(=O)NCC(O)c3ccccc3)c2C)cc1. The molecule has 0 aliphatic rings. The molecule has 25 heavy (non-hydrogen) atoms. The molecule has 1 amide bonds. The minimum atomic E-state index is -0.766. The first kappa shape index (κ1) is 16.9. The van der Waals surface area contributed by atoms with Gasteiger partial charge < -0.3 is 10.4 Å². The van der Waals surface area contributed by atoms with Crippen LogP contribution in [0.1, 0.15) is 33.4 Å². The van der Waals surface area contributed by atoms with Crippen molar-refractivity contribution in [3.8, 4) is 5.69 Å². The molecule has 1 heterocycles. The Morgan fingerprint density at radius 3 is 2.48 bits per heavy atom.